The van der Waals surface area contributed by atoms with Gasteiger partial charge >= 0.3 is 0 Å². The Labute approximate surface area is 151 Å². The van der Waals surface area contributed by atoms with Gasteiger partial charge in [0.15, 0.2) is 5.82 Å². The Balaban J connectivity index is 1.55. The zero-order valence-corrected chi connectivity index (χ0v) is 14.8. The van der Waals surface area contributed by atoms with Crippen molar-refractivity contribution in [1.29, 1.82) is 0 Å². The second kappa shape index (κ2) is 6.67. The lowest BCUT2D eigenvalue weighted by atomic mass is 10.1. The number of carbonyl (C=O) groups excluding carboxylic acids is 1. The van der Waals surface area contributed by atoms with Crippen molar-refractivity contribution in [2.75, 3.05) is 13.1 Å². The molecule has 0 saturated carbocycles. The number of aromatic nitrogens is 5. The molecule has 1 atom stereocenters. The number of nitrogens with zero attached hydrogens (tertiary/aromatic N) is 5. The van der Waals surface area contributed by atoms with Crippen LogP contribution in [0.1, 0.15) is 39.9 Å². The molecule has 1 aliphatic rings. The lowest BCUT2D eigenvalue weighted by Gasteiger charge is -2.16. The smallest absolute Gasteiger partial charge is 0.255 e. The van der Waals surface area contributed by atoms with Gasteiger partial charge in [-0.2, -0.15) is 0 Å². The van der Waals surface area contributed by atoms with Crippen LogP contribution in [0.2, 0.25) is 0 Å². The number of nitrogens with one attached hydrogen (secondary N) is 1. The minimum atomic E-state index is 0.00939. The lowest BCUT2D eigenvalue weighted by molar-refractivity contribution is 0.0790. The van der Waals surface area contributed by atoms with Crippen LogP contribution < -0.4 is 0 Å². The molecule has 0 spiro atoms. The first-order chi connectivity index (χ1) is 12.6. The monoisotopic (exact) mass is 348 g/mol. The van der Waals surface area contributed by atoms with E-state index in [1.54, 1.807) is 30.7 Å². The third-order valence-corrected chi connectivity index (χ3v) is 4.57. The Bertz CT molecular complexity index is 936. The number of H-pyrrole nitrogens is 1. The summed E-state index contributed by atoms with van der Waals surface area (Å²) in [6, 6.07) is 5.50. The highest BCUT2D eigenvalue weighted by atomic mass is 16.2. The number of carbonyl (C=O) groups is 1. The highest BCUT2D eigenvalue weighted by Crippen LogP contribution is 2.27. The molecule has 0 aliphatic carbocycles. The maximum absolute atomic E-state index is 12.6. The fourth-order valence-corrected chi connectivity index (χ4v) is 3.27. The normalized spacial score (nSPS) is 16.8. The van der Waals surface area contributed by atoms with Crippen molar-refractivity contribution in [3.05, 3.63) is 59.6 Å². The minimum absolute atomic E-state index is 0.00939. The van der Waals surface area contributed by atoms with Crippen LogP contribution in [0.15, 0.2) is 36.8 Å². The number of hydrogen-bond donors (Lipinski definition) is 1. The molecular formula is C19H20N6O. The molecule has 1 saturated heterocycles. The number of aromatic amines is 1. The van der Waals surface area contributed by atoms with Gasteiger partial charge in [-0.3, -0.25) is 9.78 Å². The van der Waals surface area contributed by atoms with Crippen LogP contribution in [-0.2, 0) is 0 Å². The van der Waals surface area contributed by atoms with Gasteiger partial charge < -0.3 is 9.88 Å². The van der Waals surface area contributed by atoms with Gasteiger partial charge in [0.05, 0.1) is 5.56 Å². The second-order valence-electron chi connectivity index (χ2n) is 6.65. The molecule has 1 unspecified atom stereocenters. The molecule has 26 heavy (non-hydrogen) atoms. The summed E-state index contributed by atoms with van der Waals surface area (Å²) in [5.74, 6) is 1.66. The van der Waals surface area contributed by atoms with Crippen molar-refractivity contribution in [1.82, 2.24) is 29.8 Å². The molecule has 4 rings (SSSR count). The summed E-state index contributed by atoms with van der Waals surface area (Å²) in [6.45, 7) is 5.24. The van der Waals surface area contributed by atoms with E-state index in [1.807, 2.05) is 24.8 Å². The molecule has 1 amide bonds. The van der Waals surface area contributed by atoms with Crippen molar-refractivity contribution < 1.29 is 4.79 Å². The molecule has 3 aromatic heterocycles. The summed E-state index contributed by atoms with van der Waals surface area (Å²) >= 11 is 0. The van der Waals surface area contributed by atoms with Gasteiger partial charge in [0.25, 0.3) is 5.91 Å². The highest BCUT2D eigenvalue weighted by Gasteiger charge is 2.30. The van der Waals surface area contributed by atoms with Gasteiger partial charge in [0.1, 0.15) is 11.5 Å². The average Bonchev–Trinajstić information content (AvgIpc) is 3.31. The van der Waals surface area contributed by atoms with Crippen LogP contribution in [0.5, 0.6) is 0 Å². The SMILES string of the molecule is Cc1cc(-c2ncc(C)[nH]2)nc(C2CCN(C(=O)c3cccnc3)C2)n1. The molecule has 132 valence electrons. The van der Waals surface area contributed by atoms with E-state index in [0.29, 0.717) is 18.7 Å². The number of imidazole rings is 1. The minimum Gasteiger partial charge on any atom is -0.341 e. The second-order valence-corrected chi connectivity index (χ2v) is 6.65. The predicted octanol–water partition coefficient (Wildman–Crippen LogP) is 2.51. The molecule has 0 aromatic carbocycles. The van der Waals surface area contributed by atoms with Crippen molar-refractivity contribution in [3.63, 3.8) is 0 Å². The number of aryl methyl sites for hydroxylation is 2. The Morgan fingerprint density at radius 2 is 2.15 bits per heavy atom. The van der Waals surface area contributed by atoms with Crippen LogP contribution in [0.25, 0.3) is 11.5 Å². The molecule has 1 fully saturated rings. The van der Waals surface area contributed by atoms with Gasteiger partial charge in [-0.15, -0.1) is 0 Å². The predicted molar refractivity (Wildman–Crippen MR) is 96.6 cm³/mol. The maximum atomic E-state index is 12.6. The fraction of sp³-hybridized carbons (Fsp3) is 0.316. The third-order valence-electron chi connectivity index (χ3n) is 4.57. The number of hydrogen-bond acceptors (Lipinski definition) is 5. The average molecular weight is 348 g/mol. The van der Waals surface area contributed by atoms with E-state index in [2.05, 4.69) is 19.9 Å². The van der Waals surface area contributed by atoms with Crippen LogP contribution >= 0.6 is 0 Å². The van der Waals surface area contributed by atoms with Gasteiger partial charge in [0.2, 0.25) is 0 Å². The molecule has 1 N–H and O–H groups in total. The highest BCUT2D eigenvalue weighted by molar-refractivity contribution is 5.94. The topological polar surface area (TPSA) is 87.7 Å². The van der Waals surface area contributed by atoms with E-state index in [9.17, 15) is 4.79 Å². The molecule has 7 heteroatoms. The first kappa shape index (κ1) is 16.4. The first-order valence-electron chi connectivity index (χ1n) is 8.67. The standard InChI is InChI=1S/C19H20N6O/c1-12-8-16(18-21-9-13(2)23-18)24-17(22-12)15-5-7-25(11-15)19(26)14-4-3-6-20-10-14/h3-4,6,8-10,15H,5,7,11H2,1-2H3,(H,21,23). The van der Waals surface area contributed by atoms with Crippen LogP contribution in [0.3, 0.4) is 0 Å². The summed E-state index contributed by atoms with van der Waals surface area (Å²) in [4.78, 5) is 35.4. The summed E-state index contributed by atoms with van der Waals surface area (Å²) in [7, 11) is 0. The van der Waals surface area contributed by atoms with Gasteiger partial charge in [-0.25, -0.2) is 15.0 Å². The quantitative estimate of drug-likeness (QED) is 0.786. The van der Waals surface area contributed by atoms with Crippen molar-refractivity contribution in [2.24, 2.45) is 0 Å². The number of pyridine rings is 1. The Morgan fingerprint density at radius 1 is 1.27 bits per heavy atom. The summed E-state index contributed by atoms with van der Waals surface area (Å²) in [5, 5.41) is 0. The molecule has 0 bridgehead atoms. The summed E-state index contributed by atoms with van der Waals surface area (Å²) in [5.41, 5.74) is 3.30. The van der Waals surface area contributed by atoms with Crippen LogP contribution in [-0.4, -0.2) is 48.8 Å². The zero-order chi connectivity index (χ0) is 18.1. The molecule has 7 nitrogen and oxygen atoms in total. The molecule has 0 radical (unpaired) electrons. The Hall–Kier alpha value is -3.09. The molecule has 1 aliphatic heterocycles. The van der Waals surface area contributed by atoms with Gasteiger partial charge in [-0.05, 0) is 38.5 Å². The van der Waals surface area contributed by atoms with E-state index >= 15 is 0 Å². The largest absolute Gasteiger partial charge is 0.341 e. The first-order valence-corrected chi connectivity index (χ1v) is 8.67. The van der Waals surface area contributed by atoms with E-state index in [1.165, 1.54) is 0 Å². The molecule has 4 heterocycles. The number of rotatable bonds is 3. The van der Waals surface area contributed by atoms with E-state index in [0.717, 1.165) is 35.2 Å². The van der Waals surface area contributed by atoms with E-state index < -0.39 is 0 Å². The molecular weight excluding hydrogens is 328 g/mol. The van der Waals surface area contributed by atoms with E-state index in [4.69, 9.17) is 4.98 Å². The third kappa shape index (κ3) is 3.20. The Kier molecular flexibility index (Phi) is 4.20. The zero-order valence-electron chi connectivity index (χ0n) is 14.8. The van der Waals surface area contributed by atoms with Crippen molar-refractivity contribution >= 4 is 5.91 Å². The molecule has 3 aromatic rings. The van der Waals surface area contributed by atoms with Crippen molar-refractivity contribution in [2.45, 2.75) is 26.2 Å². The summed E-state index contributed by atoms with van der Waals surface area (Å²) in [6.07, 6.45) is 5.92. The summed E-state index contributed by atoms with van der Waals surface area (Å²) < 4.78 is 0. The number of amides is 1. The lowest BCUT2D eigenvalue weighted by Crippen LogP contribution is -2.28. The van der Waals surface area contributed by atoms with Gasteiger partial charge in [0, 0.05) is 49.0 Å². The fourth-order valence-electron chi connectivity index (χ4n) is 3.27. The van der Waals surface area contributed by atoms with Gasteiger partial charge in [-0.1, -0.05) is 0 Å². The van der Waals surface area contributed by atoms with Crippen LogP contribution in [0, 0.1) is 13.8 Å². The van der Waals surface area contributed by atoms with E-state index in [-0.39, 0.29) is 11.8 Å². The van der Waals surface area contributed by atoms with Crippen LogP contribution in [0.4, 0.5) is 0 Å². The number of likely N-dealkylation sites (tertiary alicyclic amines) is 1. The maximum Gasteiger partial charge on any atom is 0.255 e. The van der Waals surface area contributed by atoms with Crippen molar-refractivity contribution in [3.8, 4) is 11.5 Å². The Morgan fingerprint density at radius 3 is 2.88 bits per heavy atom.